The molecule has 2 aromatic heterocycles. The zero-order valence-electron chi connectivity index (χ0n) is 19.2. The van der Waals surface area contributed by atoms with Crippen molar-refractivity contribution < 1.29 is 23.9 Å². The molecule has 1 aliphatic carbocycles. The molecule has 0 atom stereocenters. The molecule has 0 aromatic carbocycles. The molecule has 1 amide bonds. The summed E-state index contributed by atoms with van der Waals surface area (Å²) in [7, 11) is 0. The highest BCUT2D eigenvalue weighted by Crippen LogP contribution is 2.32. The van der Waals surface area contributed by atoms with Gasteiger partial charge in [-0.15, -0.1) is 11.3 Å². The van der Waals surface area contributed by atoms with E-state index in [1.807, 2.05) is 26.8 Å². The molecule has 3 rings (SSSR count). The van der Waals surface area contributed by atoms with Gasteiger partial charge in [0.05, 0.1) is 27.3 Å². The van der Waals surface area contributed by atoms with E-state index in [0.717, 1.165) is 23.8 Å². The van der Waals surface area contributed by atoms with E-state index in [0.29, 0.717) is 28.6 Å². The fourth-order valence-corrected chi connectivity index (χ4v) is 4.40. The smallest absolute Gasteiger partial charge is 0.419 e. The van der Waals surface area contributed by atoms with E-state index >= 15 is 0 Å². The molecule has 0 radical (unpaired) electrons. The molecule has 1 aliphatic rings. The Hall–Kier alpha value is -2.35. The van der Waals surface area contributed by atoms with Gasteiger partial charge in [0.2, 0.25) is 0 Å². The molecule has 2 aromatic rings. The van der Waals surface area contributed by atoms with Crippen LogP contribution >= 0.6 is 11.3 Å². The van der Waals surface area contributed by atoms with Gasteiger partial charge in [0.15, 0.2) is 6.29 Å². The minimum atomic E-state index is -0.675. The van der Waals surface area contributed by atoms with E-state index in [2.05, 4.69) is 0 Å². The number of rotatable bonds is 5. The lowest BCUT2D eigenvalue weighted by atomic mass is 9.85. The van der Waals surface area contributed by atoms with E-state index in [1.54, 1.807) is 31.7 Å². The normalized spacial score (nSPS) is 14.9. The second kappa shape index (κ2) is 8.65. The van der Waals surface area contributed by atoms with Crippen LogP contribution in [0.5, 0.6) is 0 Å². The van der Waals surface area contributed by atoms with Crippen molar-refractivity contribution in [2.24, 2.45) is 5.92 Å². The molecule has 31 heavy (non-hydrogen) atoms. The van der Waals surface area contributed by atoms with Crippen molar-refractivity contribution in [1.82, 2.24) is 9.47 Å². The summed E-state index contributed by atoms with van der Waals surface area (Å²) < 4.78 is 13.5. The highest BCUT2D eigenvalue weighted by Gasteiger charge is 2.30. The monoisotopic (exact) mass is 448 g/mol. The second-order valence-electron chi connectivity index (χ2n) is 10.1. The number of fused-ring (bicyclic) bond motifs is 1. The summed E-state index contributed by atoms with van der Waals surface area (Å²) in [6, 6.07) is 3.54. The highest BCUT2D eigenvalue weighted by atomic mass is 32.1. The standard InChI is InChI=1S/C23H32N2O5S/c1-22(2,3)29-20(27)24(12-15-8-7-9-15)13-16-10-19-18(11-17(14-26)31-19)25(16)21(28)30-23(4,5)6/h10-11,14-15H,7-9,12-13H2,1-6H3. The summed E-state index contributed by atoms with van der Waals surface area (Å²) in [5.74, 6) is 0.445. The summed E-state index contributed by atoms with van der Waals surface area (Å²) in [6.07, 6.45) is 3.20. The van der Waals surface area contributed by atoms with Gasteiger partial charge in [-0.2, -0.15) is 0 Å². The number of carbonyl (C=O) groups excluding carboxylic acids is 3. The van der Waals surface area contributed by atoms with E-state index in [4.69, 9.17) is 9.47 Å². The van der Waals surface area contributed by atoms with Crippen LogP contribution in [0.2, 0.25) is 0 Å². The predicted octanol–water partition coefficient (Wildman–Crippen LogP) is 5.84. The fourth-order valence-electron chi connectivity index (χ4n) is 3.47. The Balaban J connectivity index is 1.96. The lowest BCUT2D eigenvalue weighted by molar-refractivity contribution is 0.0163. The van der Waals surface area contributed by atoms with Gasteiger partial charge in [-0.1, -0.05) is 6.42 Å². The Morgan fingerprint density at radius 2 is 1.77 bits per heavy atom. The van der Waals surface area contributed by atoms with Crippen LogP contribution in [0.15, 0.2) is 12.1 Å². The van der Waals surface area contributed by atoms with Gasteiger partial charge in [-0.25, -0.2) is 14.2 Å². The van der Waals surface area contributed by atoms with Crippen molar-refractivity contribution in [1.29, 1.82) is 0 Å². The Kier molecular flexibility index (Phi) is 6.51. The first-order valence-electron chi connectivity index (χ1n) is 10.7. The SMILES string of the molecule is CC(C)(C)OC(=O)N(Cc1cc2sc(C=O)cc2n1C(=O)OC(C)(C)C)CC1CCC1. The molecule has 0 spiro atoms. The first-order chi connectivity index (χ1) is 14.4. The topological polar surface area (TPSA) is 77.8 Å². The molecule has 7 nitrogen and oxygen atoms in total. The molecule has 0 N–H and O–H groups in total. The summed E-state index contributed by atoms with van der Waals surface area (Å²) in [4.78, 5) is 39.4. The van der Waals surface area contributed by atoms with Gasteiger partial charge < -0.3 is 14.4 Å². The third-order valence-corrected chi connectivity index (χ3v) is 5.98. The zero-order chi connectivity index (χ0) is 23.0. The van der Waals surface area contributed by atoms with Crippen molar-refractivity contribution in [3.63, 3.8) is 0 Å². The van der Waals surface area contributed by atoms with Crippen molar-refractivity contribution in [2.45, 2.75) is 78.6 Å². The number of hydrogen-bond acceptors (Lipinski definition) is 6. The third kappa shape index (κ3) is 5.87. The van der Waals surface area contributed by atoms with Crippen molar-refractivity contribution in [2.75, 3.05) is 6.54 Å². The van der Waals surface area contributed by atoms with Gasteiger partial charge in [-0.05, 0) is 72.4 Å². The molecule has 1 saturated carbocycles. The maximum Gasteiger partial charge on any atom is 0.419 e. The van der Waals surface area contributed by atoms with Gasteiger partial charge in [0.1, 0.15) is 11.2 Å². The number of carbonyl (C=O) groups is 3. The summed E-state index contributed by atoms with van der Waals surface area (Å²) >= 11 is 1.31. The quantitative estimate of drug-likeness (QED) is 0.537. The van der Waals surface area contributed by atoms with Crippen LogP contribution in [0.1, 0.15) is 76.2 Å². The van der Waals surface area contributed by atoms with Crippen molar-refractivity contribution in [3.05, 3.63) is 22.7 Å². The first kappa shape index (κ1) is 23.3. The van der Waals surface area contributed by atoms with Gasteiger partial charge in [0, 0.05) is 6.54 Å². The number of ether oxygens (including phenoxy) is 2. The molecule has 1 fully saturated rings. The molecular weight excluding hydrogens is 416 g/mol. The second-order valence-corrected chi connectivity index (χ2v) is 11.2. The van der Waals surface area contributed by atoms with Crippen molar-refractivity contribution in [3.8, 4) is 0 Å². The molecule has 0 saturated heterocycles. The number of aromatic nitrogens is 1. The Morgan fingerprint density at radius 1 is 1.13 bits per heavy atom. The molecule has 2 heterocycles. The van der Waals surface area contributed by atoms with Crippen LogP contribution in [0.25, 0.3) is 10.2 Å². The van der Waals surface area contributed by atoms with E-state index in [9.17, 15) is 14.4 Å². The third-order valence-electron chi connectivity index (χ3n) is 4.99. The molecular formula is C23H32N2O5S. The number of thiophene rings is 1. The van der Waals surface area contributed by atoms with E-state index < -0.39 is 23.4 Å². The maximum atomic E-state index is 13.0. The molecule has 0 bridgehead atoms. The van der Waals surface area contributed by atoms with Crippen LogP contribution in [-0.4, -0.2) is 45.7 Å². The lowest BCUT2D eigenvalue weighted by Crippen LogP contribution is -2.41. The average Bonchev–Trinajstić information content (AvgIpc) is 3.09. The number of nitrogens with zero attached hydrogens (tertiary/aromatic N) is 2. The maximum absolute atomic E-state index is 13.0. The Bertz CT molecular complexity index is 973. The van der Waals surface area contributed by atoms with E-state index in [1.165, 1.54) is 22.3 Å². The highest BCUT2D eigenvalue weighted by molar-refractivity contribution is 7.20. The molecule has 170 valence electrons. The van der Waals surface area contributed by atoms with Gasteiger partial charge in [0.25, 0.3) is 0 Å². The van der Waals surface area contributed by atoms with Crippen LogP contribution in [0, 0.1) is 5.92 Å². The Morgan fingerprint density at radius 3 is 2.29 bits per heavy atom. The van der Waals surface area contributed by atoms with Gasteiger partial charge in [-0.3, -0.25) is 4.79 Å². The lowest BCUT2D eigenvalue weighted by Gasteiger charge is -2.33. The summed E-state index contributed by atoms with van der Waals surface area (Å²) in [5, 5.41) is 0. The van der Waals surface area contributed by atoms with Crippen molar-refractivity contribution >= 4 is 40.0 Å². The van der Waals surface area contributed by atoms with Crippen LogP contribution in [0.4, 0.5) is 9.59 Å². The first-order valence-corrected chi connectivity index (χ1v) is 11.5. The molecule has 0 aliphatic heterocycles. The van der Waals surface area contributed by atoms with Crippen LogP contribution in [0.3, 0.4) is 0 Å². The minimum Gasteiger partial charge on any atom is -0.444 e. The largest absolute Gasteiger partial charge is 0.444 e. The fraction of sp³-hybridized carbons (Fsp3) is 0.609. The van der Waals surface area contributed by atoms with Crippen LogP contribution in [-0.2, 0) is 16.0 Å². The summed E-state index contributed by atoms with van der Waals surface area (Å²) in [5.41, 5.74) is -0.0331. The number of amides is 1. The van der Waals surface area contributed by atoms with Gasteiger partial charge >= 0.3 is 12.2 Å². The number of hydrogen-bond donors (Lipinski definition) is 0. The molecule has 0 unspecified atom stereocenters. The Labute approximate surface area is 187 Å². The van der Waals surface area contributed by atoms with Crippen LogP contribution < -0.4 is 0 Å². The zero-order valence-corrected chi connectivity index (χ0v) is 20.0. The predicted molar refractivity (Wildman–Crippen MR) is 121 cm³/mol. The average molecular weight is 449 g/mol. The minimum absolute atomic E-state index is 0.225. The number of aldehydes is 1. The van der Waals surface area contributed by atoms with E-state index in [-0.39, 0.29) is 6.54 Å². The molecule has 8 heteroatoms. The summed E-state index contributed by atoms with van der Waals surface area (Å²) in [6.45, 7) is 11.7.